The SMILES string of the molecule is CCOc1cc(C=C2C(=O)NC(=O)N(c3cc(C)ccc3C)C2=O)cc([N+](=O)[O-])c1O. The van der Waals surface area contributed by atoms with Gasteiger partial charge in [0.15, 0.2) is 5.75 Å². The van der Waals surface area contributed by atoms with Gasteiger partial charge in [0.05, 0.1) is 17.2 Å². The van der Waals surface area contributed by atoms with Crippen LogP contribution in [0.15, 0.2) is 35.9 Å². The molecule has 0 unspecified atom stereocenters. The van der Waals surface area contributed by atoms with Crippen LogP contribution in [0.4, 0.5) is 16.2 Å². The predicted octanol–water partition coefficient (Wildman–Crippen LogP) is 2.98. The molecule has 0 aromatic heterocycles. The third kappa shape index (κ3) is 4.08. The normalized spacial score (nSPS) is 15.3. The number of nitro benzene ring substituents is 1. The van der Waals surface area contributed by atoms with Gasteiger partial charge in [-0.15, -0.1) is 0 Å². The molecule has 0 atom stereocenters. The minimum Gasteiger partial charge on any atom is -0.500 e. The highest BCUT2D eigenvalue weighted by Gasteiger charge is 2.37. The number of ether oxygens (including phenoxy) is 1. The fourth-order valence-electron chi connectivity index (χ4n) is 3.11. The molecule has 2 aromatic rings. The van der Waals surface area contributed by atoms with Gasteiger partial charge < -0.3 is 9.84 Å². The molecular formula is C21H19N3O7. The Balaban J connectivity index is 2.12. The maximum absolute atomic E-state index is 13.1. The van der Waals surface area contributed by atoms with Crippen molar-refractivity contribution in [3.8, 4) is 11.5 Å². The van der Waals surface area contributed by atoms with Crippen molar-refractivity contribution < 1.29 is 29.2 Å². The number of nitrogens with one attached hydrogen (secondary N) is 1. The number of phenolic OH excluding ortho intramolecular Hbond substituents is 1. The molecule has 2 N–H and O–H groups in total. The topological polar surface area (TPSA) is 139 Å². The number of barbiturate groups is 1. The number of imide groups is 2. The second-order valence-electron chi connectivity index (χ2n) is 6.82. The van der Waals surface area contributed by atoms with Crippen molar-refractivity contribution in [1.29, 1.82) is 0 Å². The summed E-state index contributed by atoms with van der Waals surface area (Å²) in [4.78, 5) is 49.2. The molecule has 2 aromatic carbocycles. The van der Waals surface area contributed by atoms with Crippen molar-refractivity contribution in [2.45, 2.75) is 20.8 Å². The Bertz CT molecular complexity index is 1150. The highest BCUT2D eigenvalue weighted by atomic mass is 16.6. The number of carbonyl (C=O) groups excluding carboxylic acids is 3. The van der Waals surface area contributed by atoms with E-state index in [4.69, 9.17) is 4.74 Å². The molecule has 0 saturated carbocycles. The quantitative estimate of drug-likeness (QED) is 0.325. The average Bonchev–Trinajstić information content (AvgIpc) is 2.69. The van der Waals surface area contributed by atoms with E-state index in [1.807, 2.05) is 6.07 Å². The number of phenols is 1. The van der Waals surface area contributed by atoms with Crippen molar-refractivity contribution in [3.05, 3.63) is 62.7 Å². The summed E-state index contributed by atoms with van der Waals surface area (Å²) in [7, 11) is 0. The molecule has 1 fully saturated rings. The van der Waals surface area contributed by atoms with E-state index in [0.29, 0.717) is 11.3 Å². The first kappa shape index (κ1) is 21.5. The summed E-state index contributed by atoms with van der Waals surface area (Å²) >= 11 is 0. The largest absolute Gasteiger partial charge is 0.500 e. The Morgan fingerprint density at radius 1 is 1.19 bits per heavy atom. The molecule has 160 valence electrons. The maximum Gasteiger partial charge on any atom is 0.335 e. The lowest BCUT2D eigenvalue weighted by molar-refractivity contribution is -0.386. The number of carbonyl (C=O) groups is 3. The third-order valence-corrected chi connectivity index (χ3v) is 4.59. The number of rotatable bonds is 5. The van der Waals surface area contributed by atoms with Crippen molar-refractivity contribution in [2.75, 3.05) is 11.5 Å². The highest BCUT2D eigenvalue weighted by Crippen LogP contribution is 2.38. The molecule has 31 heavy (non-hydrogen) atoms. The van der Waals surface area contributed by atoms with E-state index in [1.54, 1.807) is 32.9 Å². The zero-order valence-corrected chi connectivity index (χ0v) is 17.0. The van der Waals surface area contributed by atoms with Crippen LogP contribution in [0.5, 0.6) is 11.5 Å². The van der Waals surface area contributed by atoms with Crippen LogP contribution in [0, 0.1) is 24.0 Å². The monoisotopic (exact) mass is 425 g/mol. The van der Waals surface area contributed by atoms with E-state index in [9.17, 15) is 29.6 Å². The highest BCUT2D eigenvalue weighted by molar-refractivity contribution is 6.39. The van der Waals surface area contributed by atoms with Crippen LogP contribution < -0.4 is 15.0 Å². The second kappa shape index (κ2) is 8.27. The molecule has 0 bridgehead atoms. The Morgan fingerprint density at radius 2 is 1.90 bits per heavy atom. The predicted molar refractivity (Wildman–Crippen MR) is 111 cm³/mol. The number of aromatic hydroxyl groups is 1. The summed E-state index contributed by atoms with van der Waals surface area (Å²) in [6, 6.07) is 6.56. The Morgan fingerprint density at radius 3 is 2.55 bits per heavy atom. The van der Waals surface area contributed by atoms with Gasteiger partial charge in [0.25, 0.3) is 11.8 Å². The van der Waals surface area contributed by atoms with Gasteiger partial charge >= 0.3 is 11.7 Å². The van der Waals surface area contributed by atoms with E-state index in [2.05, 4.69) is 5.32 Å². The van der Waals surface area contributed by atoms with Crippen LogP contribution in [0.25, 0.3) is 6.08 Å². The molecule has 3 rings (SSSR count). The van der Waals surface area contributed by atoms with Gasteiger partial charge in [-0.05, 0) is 55.7 Å². The number of anilines is 1. The van der Waals surface area contributed by atoms with Gasteiger partial charge in [-0.1, -0.05) is 12.1 Å². The second-order valence-corrected chi connectivity index (χ2v) is 6.82. The van der Waals surface area contributed by atoms with Gasteiger partial charge in [-0.25, -0.2) is 9.69 Å². The van der Waals surface area contributed by atoms with Crippen LogP contribution in [0.1, 0.15) is 23.6 Å². The lowest BCUT2D eigenvalue weighted by atomic mass is 10.0. The van der Waals surface area contributed by atoms with E-state index in [-0.39, 0.29) is 17.9 Å². The molecule has 4 amide bonds. The van der Waals surface area contributed by atoms with Crippen LogP contribution in [-0.2, 0) is 9.59 Å². The molecule has 0 radical (unpaired) electrons. The first-order chi connectivity index (χ1) is 14.6. The number of aryl methyl sites for hydroxylation is 2. The fraction of sp³-hybridized carbons (Fsp3) is 0.190. The Kier molecular flexibility index (Phi) is 5.73. The van der Waals surface area contributed by atoms with Crippen molar-refractivity contribution in [3.63, 3.8) is 0 Å². The first-order valence-electron chi connectivity index (χ1n) is 9.27. The number of amides is 4. The van der Waals surface area contributed by atoms with Crippen LogP contribution in [0.3, 0.4) is 0 Å². The number of nitro groups is 1. The number of hydrogen-bond acceptors (Lipinski definition) is 7. The lowest BCUT2D eigenvalue weighted by Gasteiger charge is -2.27. The van der Waals surface area contributed by atoms with Gasteiger partial charge in [0.2, 0.25) is 5.75 Å². The lowest BCUT2D eigenvalue weighted by Crippen LogP contribution is -2.54. The minimum atomic E-state index is -0.940. The Hall–Kier alpha value is -4.21. The van der Waals surface area contributed by atoms with Crippen molar-refractivity contribution in [1.82, 2.24) is 5.32 Å². The molecular weight excluding hydrogens is 406 g/mol. The first-order valence-corrected chi connectivity index (χ1v) is 9.27. The average molecular weight is 425 g/mol. The zero-order valence-electron chi connectivity index (χ0n) is 17.0. The summed E-state index contributed by atoms with van der Waals surface area (Å²) in [6.07, 6.45) is 1.11. The van der Waals surface area contributed by atoms with Crippen LogP contribution >= 0.6 is 0 Å². The van der Waals surface area contributed by atoms with E-state index < -0.39 is 39.8 Å². The standard InChI is InChI=1S/C21H19N3O7/c1-4-31-17-10-13(9-16(18(17)25)24(29)30)8-14-19(26)22-21(28)23(20(14)27)15-7-11(2)5-6-12(15)3/h5-10,25H,4H2,1-3H3,(H,22,26,28). The van der Waals surface area contributed by atoms with Crippen LogP contribution in [0.2, 0.25) is 0 Å². The molecule has 0 aliphatic carbocycles. The third-order valence-electron chi connectivity index (χ3n) is 4.59. The molecule has 1 saturated heterocycles. The van der Waals surface area contributed by atoms with Gasteiger partial charge in [-0.2, -0.15) is 0 Å². The Labute approximate surface area is 176 Å². The minimum absolute atomic E-state index is 0.0710. The number of urea groups is 1. The molecule has 0 spiro atoms. The molecule has 10 heteroatoms. The molecule has 1 aliphatic rings. The van der Waals surface area contributed by atoms with E-state index >= 15 is 0 Å². The summed E-state index contributed by atoms with van der Waals surface area (Å²) in [6.45, 7) is 5.26. The zero-order chi connectivity index (χ0) is 22.9. The fourth-order valence-corrected chi connectivity index (χ4v) is 3.11. The molecule has 1 heterocycles. The van der Waals surface area contributed by atoms with Gasteiger partial charge in [-0.3, -0.25) is 25.0 Å². The summed E-state index contributed by atoms with van der Waals surface area (Å²) in [5, 5.41) is 23.4. The maximum atomic E-state index is 13.1. The van der Waals surface area contributed by atoms with Gasteiger partial charge in [0.1, 0.15) is 5.57 Å². The molecule has 10 nitrogen and oxygen atoms in total. The summed E-state index contributed by atoms with van der Waals surface area (Å²) in [5.41, 5.74) is 0.780. The van der Waals surface area contributed by atoms with Crippen molar-refractivity contribution in [2.24, 2.45) is 0 Å². The summed E-state index contributed by atoms with van der Waals surface area (Å²) < 4.78 is 5.21. The van der Waals surface area contributed by atoms with Gasteiger partial charge in [0, 0.05) is 6.07 Å². The molecule has 1 aliphatic heterocycles. The van der Waals surface area contributed by atoms with E-state index in [0.717, 1.165) is 22.6 Å². The van der Waals surface area contributed by atoms with E-state index in [1.165, 1.54) is 6.07 Å². The smallest absolute Gasteiger partial charge is 0.335 e. The number of benzene rings is 2. The van der Waals surface area contributed by atoms with Crippen molar-refractivity contribution >= 4 is 35.3 Å². The van der Waals surface area contributed by atoms with Crippen LogP contribution in [-0.4, -0.2) is 34.5 Å². The summed E-state index contributed by atoms with van der Waals surface area (Å²) in [5.74, 6) is -2.66. The number of hydrogen-bond donors (Lipinski definition) is 2. The number of nitrogens with zero attached hydrogens (tertiary/aromatic N) is 2.